The lowest BCUT2D eigenvalue weighted by Crippen LogP contribution is -2.42. The van der Waals surface area contributed by atoms with Crippen molar-refractivity contribution >= 4 is 5.97 Å². The molecule has 0 amide bonds. The van der Waals surface area contributed by atoms with Crippen molar-refractivity contribution in [3.8, 4) is 0 Å². The number of nitrogens with zero attached hydrogens (tertiary/aromatic N) is 1. The SMILES string of the molecule is CCN1CC(C)(C)CNCC1CC(=O)OC. The average Bonchev–Trinajstić information content (AvgIpc) is 2.37. The molecule has 1 N–H and O–H groups in total. The first-order valence-electron chi connectivity index (χ1n) is 6.00. The molecule has 1 rings (SSSR count). The van der Waals surface area contributed by atoms with E-state index in [2.05, 4.69) is 31.0 Å². The van der Waals surface area contributed by atoms with E-state index in [4.69, 9.17) is 4.74 Å². The number of carbonyl (C=O) groups is 1. The summed E-state index contributed by atoms with van der Waals surface area (Å²) in [5.41, 5.74) is 0.265. The summed E-state index contributed by atoms with van der Waals surface area (Å²) in [5.74, 6) is -0.120. The molecule has 4 nitrogen and oxygen atoms in total. The molecular weight excluding hydrogens is 204 g/mol. The Balaban J connectivity index is 2.64. The summed E-state index contributed by atoms with van der Waals surface area (Å²) in [7, 11) is 1.45. The summed E-state index contributed by atoms with van der Waals surface area (Å²) in [6.07, 6.45) is 0.480. The van der Waals surface area contributed by atoms with Crippen LogP contribution >= 0.6 is 0 Å². The van der Waals surface area contributed by atoms with Crippen LogP contribution in [-0.4, -0.2) is 50.2 Å². The molecule has 4 heteroatoms. The first-order valence-corrected chi connectivity index (χ1v) is 6.00. The molecule has 0 aliphatic carbocycles. The lowest BCUT2D eigenvalue weighted by Gasteiger charge is -2.32. The molecule has 1 aliphatic rings. The van der Waals surface area contributed by atoms with Crippen LogP contribution in [0, 0.1) is 5.41 Å². The number of hydrogen-bond acceptors (Lipinski definition) is 4. The lowest BCUT2D eigenvalue weighted by molar-refractivity contribution is -0.142. The molecular formula is C12H24N2O2. The first-order chi connectivity index (χ1) is 7.48. The Bertz CT molecular complexity index is 241. The van der Waals surface area contributed by atoms with E-state index in [1.807, 2.05) is 0 Å². The smallest absolute Gasteiger partial charge is 0.307 e. The summed E-state index contributed by atoms with van der Waals surface area (Å²) in [6.45, 7) is 10.5. The van der Waals surface area contributed by atoms with E-state index in [0.717, 1.165) is 26.2 Å². The fourth-order valence-corrected chi connectivity index (χ4v) is 2.29. The van der Waals surface area contributed by atoms with E-state index in [9.17, 15) is 4.79 Å². The van der Waals surface area contributed by atoms with Crippen molar-refractivity contribution in [2.75, 3.05) is 33.3 Å². The van der Waals surface area contributed by atoms with Crippen molar-refractivity contribution in [2.45, 2.75) is 33.2 Å². The molecule has 1 saturated heterocycles. The van der Waals surface area contributed by atoms with Crippen molar-refractivity contribution < 1.29 is 9.53 Å². The minimum absolute atomic E-state index is 0.120. The molecule has 16 heavy (non-hydrogen) atoms. The molecule has 0 spiro atoms. The van der Waals surface area contributed by atoms with Gasteiger partial charge in [0.2, 0.25) is 0 Å². The zero-order valence-corrected chi connectivity index (χ0v) is 10.9. The van der Waals surface area contributed by atoms with Crippen LogP contribution in [0.1, 0.15) is 27.2 Å². The highest BCUT2D eigenvalue weighted by Crippen LogP contribution is 2.21. The number of hydrogen-bond donors (Lipinski definition) is 1. The Kier molecular flexibility index (Phi) is 4.74. The van der Waals surface area contributed by atoms with Gasteiger partial charge in [-0.2, -0.15) is 0 Å². The van der Waals surface area contributed by atoms with E-state index >= 15 is 0 Å². The zero-order chi connectivity index (χ0) is 12.2. The summed E-state index contributed by atoms with van der Waals surface area (Å²) in [4.78, 5) is 13.7. The molecule has 1 fully saturated rings. The van der Waals surface area contributed by atoms with Gasteiger partial charge in [-0.15, -0.1) is 0 Å². The van der Waals surface area contributed by atoms with Crippen molar-refractivity contribution in [2.24, 2.45) is 5.41 Å². The van der Waals surface area contributed by atoms with Crippen LogP contribution in [0.4, 0.5) is 0 Å². The third-order valence-corrected chi connectivity index (χ3v) is 3.17. The third-order valence-electron chi connectivity index (χ3n) is 3.17. The minimum Gasteiger partial charge on any atom is -0.469 e. The van der Waals surface area contributed by atoms with Gasteiger partial charge in [0.15, 0.2) is 0 Å². The Morgan fingerprint density at radius 2 is 2.25 bits per heavy atom. The Hall–Kier alpha value is -0.610. The molecule has 0 saturated carbocycles. The van der Waals surface area contributed by atoms with Crippen LogP contribution in [0.5, 0.6) is 0 Å². The van der Waals surface area contributed by atoms with Crippen molar-refractivity contribution in [3.05, 3.63) is 0 Å². The number of carbonyl (C=O) groups excluding carboxylic acids is 1. The fraction of sp³-hybridized carbons (Fsp3) is 0.917. The maximum atomic E-state index is 11.3. The van der Waals surface area contributed by atoms with Crippen LogP contribution in [0.3, 0.4) is 0 Å². The molecule has 0 aromatic rings. The number of methoxy groups -OCH3 is 1. The Morgan fingerprint density at radius 3 is 2.81 bits per heavy atom. The van der Waals surface area contributed by atoms with E-state index in [1.54, 1.807) is 0 Å². The van der Waals surface area contributed by atoms with Gasteiger partial charge in [0, 0.05) is 25.7 Å². The minimum atomic E-state index is -0.120. The molecule has 0 bridgehead atoms. The summed E-state index contributed by atoms with van der Waals surface area (Å²) >= 11 is 0. The van der Waals surface area contributed by atoms with Gasteiger partial charge >= 0.3 is 5.97 Å². The van der Waals surface area contributed by atoms with Crippen LogP contribution in [0.2, 0.25) is 0 Å². The van der Waals surface area contributed by atoms with Crippen LogP contribution in [0.25, 0.3) is 0 Å². The third kappa shape index (κ3) is 3.76. The maximum Gasteiger partial charge on any atom is 0.307 e. The second kappa shape index (κ2) is 5.64. The van der Waals surface area contributed by atoms with Crippen LogP contribution in [0.15, 0.2) is 0 Å². The maximum absolute atomic E-state index is 11.3. The predicted octanol–water partition coefficient (Wildman–Crippen LogP) is 0.869. The molecule has 1 unspecified atom stereocenters. The largest absolute Gasteiger partial charge is 0.469 e. The second-order valence-corrected chi connectivity index (χ2v) is 5.29. The number of likely N-dealkylation sites (N-methyl/N-ethyl adjacent to an activating group) is 1. The van der Waals surface area contributed by atoms with Gasteiger partial charge in [0.05, 0.1) is 13.5 Å². The van der Waals surface area contributed by atoms with Crippen molar-refractivity contribution in [1.29, 1.82) is 0 Å². The topological polar surface area (TPSA) is 41.6 Å². The van der Waals surface area contributed by atoms with Gasteiger partial charge in [0.1, 0.15) is 0 Å². The normalized spacial score (nSPS) is 26.1. The second-order valence-electron chi connectivity index (χ2n) is 5.29. The van der Waals surface area contributed by atoms with E-state index in [0.29, 0.717) is 6.42 Å². The Labute approximate surface area is 98.3 Å². The van der Waals surface area contributed by atoms with Gasteiger partial charge in [-0.1, -0.05) is 20.8 Å². The average molecular weight is 228 g/mol. The van der Waals surface area contributed by atoms with Crippen LogP contribution in [-0.2, 0) is 9.53 Å². The first kappa shape index (κ1) is 13.5. The van der Waals surface area contributed by atoms with E-state index in [1.165, 1.54) is 7.11 Å². The predicted molar refractivity (Wildman–Crippen MR) is 64.3 cm³/mol. The standard InChI is InChI=1S/C12H24N2O2/c1-5-14-9-12(2,3)8-13-7-10(14)6-11(15)16-4/h10,13H,5-9H2,1-4H3. The van der Waals surface area contributed by atoms with Gasteiger partial charge < -0.3 is 10.1 Å². The molecule has 0 aromatic carbocycles. The zero-order valence-electron chi connectivity index (χ0n) is 10.9. The fourth-order valence-electron chi connectivity index (χ4n) is 2.29. The highest BCUT2D eigenvalue weighted by molar-refractivity contribution is 5.69. The molecule has 1 atom stereocenters. The Morgan fingerprint density at radius 1 is 1.56 bits per heavy atom. The molecule has 0 aromatic heterocycles. The van der Waals surface area contributed by atoms with E-state index < -0.39 is 0 Å². The number of rotatable bonds is 3. The van der Waals surface area contributed by atoms with Gasteiger partial charge in [-0.3, -0.25) is 9.69 Å². The quantitative estimate of drug-likeness (QED) is 0.728. The van der Waals surface area contributed by atoms with Crippen LogP contribution < -0.4 is 5.32 Å². The summed E-state index contributed by atoms with van der Waals surface area (Å²) < 4.78 is 4.75. The molecule has 94 valence electrons. The molecule has 0 radical (unpaired) electrons. The lowest BCUT2D eigenvalue weighted by atomic mass is 9.93. The highest BCUT2D eigenvalue weighted by atomic mass is 16.5. The van der Waals surface area contributed by atoms with Gasteiger partial charge in [0.25, 0.3) is 0 Å². The summed E-state index contributed by atoms with van der Waals surface area (Å²) in [6, 6.07) is 0.263. The molecule has 1 aliphatic heterocycles. The highest BCUT2D eigenvalue weighted by Gasteiger charge is 2.30. The number of ether oxygens (including phenoxy) is 1. The van der Waals surface area contributed by atoms with Crippen molar-refractivity contribution in [1.82, 2.24) is 10.2 Å². The van der Waals surface area contributed by atoms with Gasteiger partial charge in [-0.25, -0.2) is 0 Å². The number of esters is 1. The number of nitrogens with one attached hydrogen (secondary N) is 1. The van der Waals surface area contributed by atoms with Crippen molar-refractivity contribution in [3.63, 3.8) is 0 Å². The monoisotopic (exact) mass is 228 g/mol. The summed E-state index contributed by atoms with van der Waals surface area (Å²) in [5, 5.41) is 3.43. The molecule has 1 heterocycles. The van der Waals surface area contributed by atoms with Gasteiger partial charge in [-0.05, 0) is 12.0 Å². The van der Waals surface area contributed by atoms with E-state index in [-0.39, 0.29) is 17.4 Å².